The predicted octanol–water partition coefficient (Wildman–Crippen LogP) is 3.72. The van der Waals surface area contributed by atoms with Gasteiger partial charge in [0, 0.05) is 13.1 Å². The second-order valence-corrected chi connectivity index (χ2v) is 10.6. The van der Waals surface area contributed by atoms with Crippen molar-refractivity contribution in [1.82, 2.24) is 9.62 Å². The van der Waals surface area contributed by atoms with Crippen molar-refractivity contribution in [2.45, 2.75) is 62.3 Å². The Morgan fingerprint density at radius 3 is 2.37 bits per heavy atom. The van der Waals surface area contributed by atoms with Gasteiger partial charge in [-0.05, 0) is 60.5 Å². The van der Waals surface area contributed by atoms with E-state index in [2.05, 4.69) is 42.8 Å². The normalized spacial score (nSPS) is 18.1. The van der Waals surface area contributed by atoms with Crippen LogP contribution in [0.25, 0.3) is 0 Å². The SMILES string of the molecule is CNS(=O)(=O)c1cccc2c1CCN(C(=O)C1(c3ccc(C(C)C)cc3)CCC1)C2. The predicted molar refractivity (Wildman–Crippen MR) is 118 cm³/mol. The first-order valence-electron chi connectivity index (χ1n) is 10.7. The summed E-state index contributed by atoms with van der Waals surface area (Å²) in [5.74, 6) is 0.646. The number of nitrogens with zero attached hydrogens (tertiary/aromatic N) is 1. The molecule has 5 nitrogen and oxygen atoms in total. The van der Waals surface area contributed by atoms with Crippen LogP contribution in [0.4, 0.5) is 0 Å². The van der Waals surface area contributed by atoms with Gasteiger partial charge in [0.15, 0.2) is 0 Å². The standard InChI is InChI=1S/C24H30N2O3S/c1-17(2)18-8-10-20(11-9-18)24(13-5-14-24)23(27)26-15-12-21-19(16-26)6-4-7-22(21)30(28,29)25-3/h4,6-11,17,25H,5,12-16H2,1-3H3. The minimum absolute atomic E-state index is 0.179. The molecular weight excluding hydrogens is 396 g/mol. The van der Waals surface area contributed by atoms with Gasteiger partial charge >= 0.3 is 0 Å². The van der Waals surface area contributed by atoms with Crippen LogP contribution in [0.5, 0.6) is 0 Å². The van der Waals surface area contributed by atoms with Gasteiger partial charge in [0.1, 0.15) is 0 Å². The Morgan fingerprint density at radius 2 is 1.80 bits per heavy atom. The third-order valence-corrected chi connectivity index (χ3v) is 8.31. The van der Waals surface area contributed by atoms with Gasteiger partial charge in [-0.1, -0.05) is 56.7 Å². The number of sulfonamides is 1. The number of rotatable bonds is 5. The molecule has 0 bridgehead atoms. The topological polar surface area (TPSA) is 66.5 Å². The van der Waals surface area contributed by atoms with E-state index in [9.17, 15) is 13.2 Å². The molecule has 1 heterocycles. The summed E-state index contributed by atoms with van der Waals surface area (Å²) in [6, 6.07) is 13.9. The first-order chi connectivity index (χ1) is 14.3. The molecule has 160 valence electrons. The molecule has 30 heavy (non-hydrogen) atoms. The summed E-state index contributed by atoms with van der Waals surface area (Å²) in [5, 5.41) is 0. The van der Waals surface area contributed by atoms with Crippen LogP contribution in [0.15, 0.2) is 47.4 Å². The van der Waals surface area contributed by atoms with Gasteiger partial charge < -0.3 is 4.90 Å². The zero-order valence-electron chi connectivity index (χ0n) is 17.9. The van der Waals surface area contributed by atoms with Crippen molar-refractivity contribution in [3.8, 4) is 0 Å². The summed E-state index contributed by atoms with van der Waals surface area (Å²) >= 11 is 0. The molecule has 0 unspecified atom stereocenters. The Balaban J connectivity index is 1.61. The fraction of sp³-hybridized carbons (Fsp3) is 0.458. The lowest BCUT2D eigenvalue weighted by atomic mass is 9.63. The molecule has 2 aliphatic rings. The zero-order chi connectivity index (χ0) is 21.5. The summed E-state index contributed by atoms with van der Waals surface area (Å²) < 4.78 is 27.2. The monoisotopic (exact) mass is 426 g/mol. The minimum atomic E-state index is -3.51. The van der Waals surface area contributed by atoms with Crippen molar-refractivity contribution in [2.24, 2.45) is 0 Å². The van der Waals surface area contributed by atoms with Crippen molar-refractivity contribution in [3.05, 3.63) is 64.7 Å². The summed E-state index contributed by atoms with van der Waals surface area (Å²) in [6.45, 7) is 5.36. The van der Waals surface area contributed by atoms with Gasteiger partial charge in [0.05, 0.1) is 10.3 Å². The quantitative estimate of drug-likeness (QED) is 0.792. The van der Waals surface area contributed by atoms with E-state index in [1.54, 1.807) is 12.1 Å². The fourth-order valence-corrected chi connectivity index (χ4v) is 5.79. The van der Waals surface area contributed by atoms with Crippen molar-refractivity contribution in [1.29, 1.82) is 0 Å². The largest absolute Gasteiger partial charge is 0.337 e. The third-order valence-electron chi connectivity index (χ3n) is 6.81. The van der Waals surface area contributed by atoms with Gasteiger partial charge in [-0.2, -0.15) is 0 Å². The van der Waals surface area contributed by atoms with Crippen molar-refractivity contribution < 1.29 is 13.2 Å². The van der Waals surface area contributed by atoms with Crippen LogP contribution in [0, 0.1) is 0 Å². The van der Waals surface area contributed by atoms with E-state index in [4.69, 9.17) is 0 Å². The van der Waals surface area contributed by atoms with Crippen LogP contribution in [-0.4, -0.2) is 32.8 Å². The lowest BCUT2D eigenvalue weighted by Gasteiger charge is -2.45. The highest BCUT2D eigenvalue weighted by molar-refractivity contribution is 7.89. The van der Waals surface area contributed by atoms with Crippen LogP contribution in [0.3, 0.4) is 0 Å². The first-order valence-corrected chi connectivity index (χ1v) is 12.2. The molecule has 0 spiro atoms. The molecule has 0 atom stereocenters. The van der Waals surface area contributed by atoms with Crippen molar-refractivity contribution >= 4 is 15.9 Å². The van der Waals surface area contributed by atoms with Crippen LogP contribution in [-0.2, 0) is 33.2 Å². The van der Waals surface area contributed by atoms with Gasteiger partial charge in [-0.15, -0.1) is 0 Å². The number of carbonyl (C=O) groups excluding carboxylic acids is 1. The molecule has 1 amide bonds. The lowest BCUT2D eigenvalue weighted by molar-refractivity contribution is -0.142. The number of hydrogen-bond donors (Lipinski definition) is 1. The van der Waals surface area contributed by atoms with E-state index >= 15 is 0 Å². The highest BCUT2D eigenvalue weighted by Gasteiger charge is 2.48. The van der Waals surface area contributed by atoms with Crippen LogP contribution < -0.4 is 4.72 Å². The van der Waals surface area contributed by atoms with Crippen LogP contribution >= 0.6 is 0 Å². The average molecular weight is 427 g/mol. The molecule has 0 radical (unpaired) electrons. The van der Waals surface area contributed by atoms with Crippen LogP contribution in [0.1, 0.15) is 61.3 Å². The second-order valence-electron chi connectivity index (χ2n) is 8.79. The van der Waals surface area contributed by atoms with Crippen molar-refractivity contribution in [3.63, 3.8) is 0 Å². The van der Waals surface area contributed by atoms with Gasteiger partial charge in [0.25, 0.3) is 0 Å². The second kappa shape index (κ2) is 7.82. The molecule has 2 aromatic carbocycles. The first kappa shape index (κ1) is 21.1. The van der Waals surface area contributed by atoms with Gasteiger partial charge in [-0.3, -0.25) is 4.79 Å². The van der Waals surface area contributed by atoms with E-state index in [1.807, 2.05) is 11.0 Å². The number of amides is 1. The Morgan fingerprint density at radius 1 is 1.10 bits per heavy atom. The molecular formula is C24H30N2O3S. The minimum Gasteiger partial charge on any atom is -0.337 e. The number of fused-ring (bicyclic) bond motifs is 1. The smallest absolute Gasteiger partial charge is 0.240 e. The maximum Gasteiger partial charge on any atom is 0.240 e. The summed E-state index contributed by atoms with van der Waals surface area (Å²) in [7, 11) is -2.08. The van der Waals surface area contributed by atoms with E-state index in [0.29, 0.717) is 30.3 Å². The summed E-state index contributed by atoms with van der Waals surface area (Å²) in [6.07, 6.45) is 3.38. The number of nitrogens with one attached hydrogen (secondary N) is 1. The molecule has 1 saturated carbocycles. The fourth-order valence-electron chi connectivity index (χ4n) is 4.76. The molecule has 6 heteroatoms. The molecule has 0 saturated heterocycles. The molecule has 1 N–H and O–H groups in total. The van der Waals surface area contributed by atoms with Crippen molar-refractivity contribution in [2.75, 3.05) is 13.6 Å². The van der Waals surface area contributed by atoms with E-state index < -0.39 is 15.4 Å². The summed E-state index contributed by atoms with van der Waals surface area (Å²) in [4.78, 5) is 15.9. The lowest BCUT2D eigenvalue weighted by Crippen LogP contribution is -2.52. The highest BCUT2D eigenvalue weighted by Crippen LogP contribution is 2.46. The van der Waals surface area contributed by atoms with Gasteiger partial charge in [0.2, 0.25) is 15.9 Å². The molecule has 4 rings (SSSR count). The summed E-state index contributed by atoms with van der Waals surface area (Å²) in [5.41, 5.74) is 3.73. The van der Waals surface area contributed by atoms with Crippen LogP contribution in [0.2, 0.25) is 0 Å². The number of carbonyl (C=O) groups is 1. The third kappa shape index (κ3) is 3.46. The molecule has 1 aliphatic carbocycles. The molecule has 1 aliphatic heterocycles. The van der Waals surface area contributed by atoms with E-state index in [-0.39, 0.29) is 5.91 Å². The Kier molecular flexibility index (Phi) is 5.49. The number of benzene rings is 2. The Labute approximate surface area is 179 Å². The van der Waals surface area contributed by atoms with E-state index in [0.717, 1.165) is 36.0 Å². The Bertz CT molecular complexity index is 1050. The highest BCUT2D eigenvalue weighted by atomic mass is 32.2. The maximum atomic E-state index is 13.7. The maximum absolute atomic E-state index is 13.7. The Hall–Kier alpha value is -2.18. The zero-order valence-corrected chi connectivity index (χ0v) is 18.8. The van der Waals surface area contributed by atoms with E-state index in [1.165, 1.54) is 12.6 Å². The molecule has 1 fully saturated rings. The molecule has 0 aromatic heterocycles. The average Bonchev–Trinajstić information content (AvgIpc) is 2.72. The van der Waals surface area contributed by atoms with Gasteiger partial charge in [-0.25, -0.2) is 13.1 Å². The number of hydrogen-bond acceptors (Lipinski definition) is 3. The molecule has 2 aromatic rings.